The van der Waals surface area contributed by atoms with Gasteiger partial charge >= 0.3 is 0 Å². The van der Waals surface area contributed by atoms with E-state index in [1.54, 1.807) is 0 Å². The van der Waals surface area contributed by atoms with Crippen LogP contribution in [-0.4, -0.2) is 24.6 Å². The zero-order valence-corrected chi connectivity index (χ0v) is 12.0. The zero-order chi connectivity index (χ0) is 14.3. The molecule has 0 radical (unpaired) electrons. The molecule has 106 valence electrons. The smallest absolute Gasteiger partial charge is 0.223 e. The van der Waals surface area contributed by atoms with Crippen LogP contribution in [0.15, 0.2) is 24.3 Å². The van der Waals surface area contributed by atoms with E-state index >= 15 is 0 Å². The lowest BCUT2D eigenvalue weighted by atomic mass is 10.1. The van der Waals surface area contributed by atoms with Crippen LogP contribution < -0.4 is 15.8 Å². The Morgan fingerprint density at radius 2 is 2.00 bits per heavy atom. The van der Waals surface area contributed by atoms with Gasteiger partial charge in [-0.2, -0.15) is 0 Å². The highest BCUT2D eigenvalue weighted by molar-refractivity contribution is 5.76. The van der Waals surface area contributed by atoms with Gasteiger partial charge in [-0.1, -0.05) is 18.2 Å². The molecule has 0 saturated heterocycles. The van der Waals surface area contributed by atoms with Gasteiger partial charge in [0.1, 0.15) is 5.75 Å². The molecule has 0 saturated carbocycles. The predicted octanol–water partition coefficient (Wildman–Crippen LogP) is 1.87. The van der Waals surface area contributed by atoms with Crippen LogP contribution in [0, 0.1) is 0 Å². The van der Waals surface area contributed by atoms with E-state index in [1.165, 1.54) is 0 Å². The second-order valence-corrected chi connectivity index (χ2v) is 5.11. The maximum atomic E-state index is 11.5. The molecule has 0 aliphatic heterocycles. The van der Waals surface area contributed by atoms with Crippen molar-refractivity contribution in [1.82, 2.24) is 5.32 Å². The fourth-order valence-electron chi connectivity index (χ4n) is 1.81. The lowest BCUT2D eigenvalue weighted by Gasteiger charge is -2.13. The second-order valence-electron chi connectivity index (χ2n) is 5.11. The quantitative estimate of drug-likeness (QED) is 0.790. The number of para-hydroxylation sites is 1. The number of nitrogens with two attached hydrogens (primary N) is 1. The number of benzene rings is 1. The highest BCUT2D eigenvalue weighted by Crippen LogP contribution is 2.19. The first kappa shape index (κ1) is 15.5. The molecule has 4 heteroatoms. The molecule has 4 nitrogen and oxygen atoms in total. The third kappa shape index (κ3) is 6.25. The van der Waals surface area contributed by atoms with Gasteiger partial charge in [0.05, 0.1) is 13.0 Å². The Hall–Kier alpha value is -1.55. The number of nitrogens with one attached hydrogen (secondary N) is 1. The van der Waals surface area contributed by atoms with Crippen molar-refractivity contribution in [2.75, 3.05) is 6.61 Å². The Balaban J connectivity index is 2.46. The highest BCUT2D eigenvalue weighted by atomic mass is 16.5. The van der Waals surface area contributed by atoms with Crippen molar-refractivity contribution in [3.05, 3.63) is 29.8 Å². The van der Waals surface area contributed by atoms with E-state index in [-0.39, 0.29) is 18.0 Å². The summed E-state index contributed by atoms with van der Waals surface area (Å²) in [6.45, 7) is 6.23. The van der Waals surface area contributed by atoms with Crippen molar-refractivity contribution in [2.45, 2.75) is 45.7 Å². The van der Waals surface area contributed by atoms with Crippen LogP contribution in [0.5, 0.6) is 5.75 Å². The van der Waals surface area contributed by atoms with Crippen LogP contribution in [0.3, 0.4) is 0 Å². The Morgan fingerprint density at radius 1 is 1.32 bits per heavy atom. The van der Waals surface area contributed by atoms with Crippen molar-refractivity contribution in [2.24, 2.45) is 5.73 Å². The van der Waals surface area contributed by atoms with Gasteiger partial charge in [-0.15, -0.1) is 0 Å². The second kappa shape index (κ2) is 7.79. The maximum Gasteiger partial charge on any atom is 0.223 e. The summed E-state index contributed by atoms with van der Waals surface area (Å²) in [5.41, 5.74) is 6.89. The van der Waals surface area contributed by atoms with E-state index in [1.807, 2.05) is 45.0 Å². The SMILES string of the molecule is CC(N)Cc1ccccc1OCCC(=O)NC(C)C. The lowest BCUT2D eigenvalue weighted by molar-refractivity contribution is -0.122. The molecule has 1 unspecified atom stereocenters. The van der Waals surface area contributed by atoms with Crippen LogP contribution in [0.25, 0.3) is 0 Å². The molecule has 0 aliphatic rings. The fraction of sp³-hybridized carbons (Fsp3) is 0.533. The summed E-state index contributed by atoms with van der Waals surface area (Å²) in [4.78, 5) is 11.5. The summed E-state index contributed by atoms with van der Waals surface area (Å²) in [5.74, 6) is 0.830. The number of rotatable bonds is 7. The average molecular weight is 264 g/mol. The number of hydrogen-bond acceptors (Lipinski definition) is 3. The van der Waals surface area contributed by atoms with Gasteiger partial charge in [0.25, 0.3) is 0 Å². The minimum absolute atomic E-state index is 0.0136. The first-order chi connectivity index (χ1) is 8.99. The van der Waals surface area contributed by atoms with E-state index < -0.39 is 0 Å². The Kier molecular flexibility index (Phi) is 6.36. The third-order valence-electron chi connectivity index (χ3n) is 2.55. The van der Waals surface area contributed by atoms with Crippen LogP contribution in [-0.2, 0) is 11.2 Å². The normalized spacial score (nSPS) is 12.3. The average Bonchev–Trinajstić information content (AvgIpc) is 2.29. The monoisotopic (exact) mass is 264 g/mol. The number of amides is 1. The van der Waals surface area contributed by atoms with Gasteiger partial charge in [-0.3, -0.25) is 4.79 Å². The fourth-order valence-corrected chi connectivity index (χ4v) is 1.81. The molecule has 0 aliphatic carbocycles. The molecule has 1 amide bonds. The van der Waals surface area contributed by atoms with Gasteiger partial charge in [-0.25, -0.2) is 0 Å². The largest absolute Gasteiger partial charge is 0.493 e. The molecule has 0 fully saturated rings. The van der Waals surface area contributed by atoms with E-state index in [2.05, 4.69) is 5.32 Å². The summed E-state index contributed by atoms with van der Waals surface area (Å²) in [5, 5.41) is 2.84. The molecule has 1 atom stereocenters. The maximum absolute atomic E-state index is 11.5. The van der Waals surface area contributed by atoms with Crippen LogP contribution in [0.1, 0.15) is 32.8 Å². The predicted molar refractivity (Wildman–Crippen MR) is 77.2 cm³/mol. The minimum atomic E-state index is 0.0136. The molecule has 1 rings (SSSR count). The molecular weight excluding hydrogens is 240 g/mol. The Bertz CT molecular complexity index is 403. The van der Waals surface area contributed by atoms with Crippen LogP contribution >= 0.6 is 0 Å². The lowest BCUT2D eigenvalue weighted by Crippen LogP contribution is -2.31. The molecule has 0 bridgehead atoms. The number of ether oxygens (including phenoxy) is 1. The van der Waals surface area contributed by atoms with Gasteiger partial charge in [0.15, 0.2) is 0 Å². The molecule has 1 aromatic carbocycles. The first-order valence-electron chi connectivity index (χ1n) is 6.74. The van der Waals surface area contributed by atoms with Crippen molar-refractivity contribution >= 4 is 5.91 Å². The first-order valence-corrected chi connectivity index (χ1v) is 6.74. The van der Waals surface area contributed by atoms with Gasteiger partial charge in [0.2, 0.25) is 5.91 Å². The third-order valence-corrected chi connectivity index (χ3v) is 2.55. The minimum Gasteiger partial charge on any atom is -0.493 e. The Morgan fingerprint density at radius 3 is 2.63 bits per heavy atom. The Labute approximate surface area is 115 Å². The summed E-state index contributed by atoms with van der Waals surface area (Å²) in [7, 11) is 0. The van der Waals surface area contributed by atoms with Crippen LogP contribution in [0.2, 0.25) is 0 Å². The summed E-state index contributed by atoms with van der Waals surface area (Å²) >= 11 is 0. The molecule has 19 heavy (non-hydrogen) atoms. The van der Waals surface area contributed by atoms with Gasteiger partial charge < -0.3 is 15.8 Å². The van der Waals surface area contributed by atoms with Gasteiger partial charge in [-0.05, 0) is 38.8 Å². The molecule has 0 spiro atoms. The van der Waals surface area contributed by atoms with Crippen LogP contribution in [0.4, 0.5) is 0 Å². The van der Waals surface area contributed by atoms with E-state index in [9.17, 15) is 4.79 Å². The highest BCUT2D eigenvalue weighted by Gasteiger charge is 2.07. The summed E-state index contributed by atoms with van der Waals surface area (Å²) < 4.78 is 5.67. The van der Waals surface area contributed by atoms with Crippen molar-refractivity contribution < 1.29 is 9.53 Å². The molecule has 3 N–H and O–H groups in total. The molecule has 1 aromatic rings. The molecular formula is C15H24N2O2. The van der Waals surface area contributed by atoms with Gasteiger partial charge in [0, 0.05) is 12.1 Å². The standard InChI is InChI=1S/C15H24N2O2/c1-11(2)17-15(18)8-9-19-14-7-5-4-6-13(14)10-12(3)16/h4-7,11-12H,8-10,16H2,1-3H3,(H,17,18). The van der Waals surface area contributed by atoms with E-state index in [0.717, 1.165) is 17.7 Å². The number of hydrogen-bond donors (Lipinski definition) is 2. The topological polar surface area (TPSA) is 64.3 Å². The zero-order valence-electron chi connectivity index (χ0n) is 12.0. The van der Waals surface area contributed by atoms with E-state index in [0.29, 0.717) is 13.0 Å². The number of carbonyl (C=O) groups excluding carboxylic acids is 1. The van der Waals surface area contributed by atoms with E-state index in [4.69, 9.17) is 10.5 Å². The number of carbonyl (C=O) groups is 1. The summed E-state index contributed by atoms with van der Waals surface area (Å²) in [6, 6.07) is 8.07. The summed E-state index contributed by atoms with van der Waals surface area (Å²) in [6.07, 6.45) is 1.14. The van der Waals surface area contributed by atoms with Crippen molar-refractivity contribution in [1.29, 1.82) is 0 Å². The van der Waals surface area contributed by atoms with Crippen molar-refractivity contribution in [3.63, 3.8) is 0 Å². The molecule has 0 aromatic heterocycles. The molecule has 0 heterocycles. The van der Waals surface area contributed by atoms with Crippen molar-refractivity contribution in [3.8, 4) is 5.75 Å².